The summed E-state index contributed by atoms with van der Waals surface area (Å²) in [5.74, 6) is -0.00612. The van der Waals surface area contributed by atoms with E-state index in [9.17, 15) is 4.79 Å². The molecule has 6 heteroatoms. The van der Waals surface area contributed by atoms with Gasteiger partial charge >= 0.3 is 0 Å². The van der Waals surface area contributed by atoms with Crippen LogP contribution in [0.25, 0.3) is 10.6 Å². The lowest BCUT2D eigenvalue weighted by Crippen LogP contribution is -2.36. The molecular weight excluding hydrogens is 380 g/mol. The monoisotopic (exact) mass is 404 g/mol. The molecule has 0 aliphatic heterocycles. The largest absolute Gasteiger partial charge is 0.332 e. The summed E-state index contributed by atoms with van der Waals surface area (Å²) in [6, 6.07) is 19.4. The second-order valence-electron chi connectivity index (χ2n) is 7.14. The predicted octanol–water partition coefficient (Wildman–Crippen LogP) is 4.19. The number of carbonyl (C=O) groups excluding carboxylic acids is 1. The van der Waals surface area contributed by atoms with Gasteiger partial charge in [-0.25, -0.2) is 4.98 Å². The molecule has 0 saturated carbocycles. The lowest BCUT2D eigenvalue weighted by molar-refractivity contribution is 0.0736. The van der Waals surface area contributed by atoms with E-state index in [4.69, 9.17) is 5.26 Å². The quantitative estimate of drug-likeness (QED) is 0.592. The zero-order chi connectivity index (χ0) is 20.8. The van der Waals surface area contributed by atoms with Gasteiger partial charge in [-0.15, -0.1) is 11.3 Å². The fraction of sp³-hybridized carbons (Fsp3) is 0.261. The number of nitriles is 1. The van der Waals surface area contributed by atoms with Crippen LogP contribution in [0.15, 0.2) is 54.6 Å². The first kappa shape index (κ1) is 20.7. The molecule has 1 heterocycles. The minimum atomic E-state index is -0.00612. The standard InChI is InChI=1S/C23H24N4OS/c1-17-21(29-22(25-17)20-7-5-4-6-8-20)23(28)27(14-13-26(2)3)16-19-11-9-18(15-24)10-12-19/h4-12H,13-14,16H2,1-3H3. The summed E-state index contributed by atoms with van der Waals surface area (Å²) in [6.07, 6.45) is 0. The molecule has 0 fully saturated rings. The molecule has 3 aromatic rings. The Morgan fingerprint density at radius 2 is 1.76 bits per heavy atom. The highest BCUT2D eigenvalue weighted by atomic mass is 32.1. The van der Waals surface area contributed by atoms with Gasteiger partial charge in [0.2, 0.25) is 0 Å². The van der Waals surface area contributed by atoms with Crippen LogP contribution in [0.2, 0.25) is 0 Å². The van der Waals surface area contributed by atoms with Gasteiger partial charge in [-0.05, 0) is 38.7 Å². The summed E-state index contributed by atoms with van der Waals surface area (Å²) < 4.78 is 0. The topological polar surface area (TPSA) is 60.2 Å². The maximum absolute atomic E-state index is 13.4. The van der Waals surface area contributed by atoms with Crippen LogP contribution in [-0.2, 0) is 6.54 Å². The molecule has 0 atom stereocenters. The lowest BCUT2D eigenvalue weighted by atomic mass is 10.1. The van der Waals surface area contributed by atoms with Crippen LogP contribution < -0.4 is 0 Å². The van der Waals surface area contributed by atoms with Crippen LogP contribution in [0.4, 0.5) is 0 Å². The number of hydrogen-bond acceptors (Lipinski definition) is 5. The van der Waals surface area contributed by atoms with Crippen LogP contribution in [0, 0.1) is 18.3 Å². The second-order valence-corrected chi connectivity index (χ2v) is 8.14. The van der Waals surface area contributed by atoms with Crippen molar-refractivity contribution in [1.82, 2.24) is 14.8 Å². The second kappa shape index (κ2) is 9.46. The number of nitrogens with zero attached hydrogens (tertiary/aromatic N) is 4. The van der Waals surface area contributed by atoms with Crippen molar-refractivity contribution >= 4 is 17.2 Å². The van der Waals surface area contributed by atoms with Crippen molar-refractivity contribution in [1.29, 1.82) is 5.26 Å². The van der Waals surface area contributed by atoms with Gasteiger partial charge in [-0.3, -0.25) is 4.79 Å². The first-order chi connectivity index (χ1) is 14.0. The Morgan fingerprint density at radius 1 is 1.07 bits per heavy atom. The van der Waals surface area contributed by atoms with Gasteiger partial charge in [0.05, 0.1) is 17.3 Å². The summed E-state index contributed by atoms with van der Waals surface area (Å²) in [5.41, 5.74) is 3.40. The molecule has 0 N–H and O–H groups in total. The molecule has 2 aromatic carbocycles. The Balaban J connectivity index is 1.85. The van der Waals surface area contributed by atoms with Gasteiger partial charge in [0.1, 0.15) is 9.88 Å². The number of carbonyl (C=O) groups is 1. The smallest absolute Gasteiger partial charge is 0.266 e. The zero-order valence-electron chi connectivity index (χ0n) is 16.9. The maximum Gasteiger partial charge on any atom is 0.266 e. The zero-order valence-corrected chi connectivity index (χ0v) is 17.7. The molecular formula is C23H24N4OS. The summed E-state index contributed by atoms with van der Waals surface area (Å²) >= 11 is 1.44. The Hall–Kier alpha value is -3.01. The SMILES string of the molecule is Cc1nc(-c2ccccc2)sc1C(=O)N(CCN(C)C)Cc1ccc(C#N)cc1. The van der Waals surface area contributed by atoms with E-state index in [2.05, 4.69) is 16.0 Å². The molecule has 0 unspecified atom stereocenters. The molecule has 0 aliphatic carbocycles. The number of aryl methyl sites for hydroxylation is 1. The molecule has 5 nitrogen and oxygen atoms in total. The van der Waals surface area contributed by atoms with Gasteiger partial charge < -0.3 is 9.80 Å². The highest BCUT2D eigenvalue weighted by Crippen LogP contribution is 2.29. The third-order valence-electron chi connectivity index (χ3n) is 4.57. The Labute approximate surface area is 175 Å². The number of benzene rings is 2. The van der Waals surface area contributed by atoms with E-state index >= 15 is 0 Å². The number of thiazole rings is 1. The average molecular weight is 405 g/mol. The number of hydrogen-bond donors (Lipinski definition) is 0. The van der Waals surface area contributed by atoms with E-state index < -0.39 is 0 Å². The van der Waals surface area contributed by atoms with E-state index in [1.54, 1.807) is 12.1 Å². The number of likely N-dealkylation sites (N-methyl/N-ethyl adjacent to an activating group) is 1. The summed E-state index contributed by atoms with van der Waals surface area (Å²) in [7, 11) is 3.99. The Kier molecular flexibility index (Phi) is 6.76. The van der Waals surface area contributed by atoms with Crippen LogP contribution in [0.3, 0.4) is 0 Å². The fourth-order valence-electron chi connectivity index (χ4n) is 2.92. The van der Waals surface area contributed by atoms with Gasteiger partial charge in [-0.1, -0.05) is 42.5 Å². The van der Waals surface area contributed by atoms with Crippen LogP contribution in [-0.4, -0.2) is 47.9 Å². The summed E-state index contributed by atoms with van der Waals surface area (Å²) in [6.45, 7) is 3.77. The molecule has 29 heavy (non-hydrogen) atoms. The van der Waals surface area contributed by atoms with E-state index in [0.717, 1.165) is 28.4 Å². The van der Waals surface area contributed by atoms with Crippen molar-refractivity contribution < 1.29 is 4.79 Å². The first-order valence-corrected chi connectivity index (χ1v) is 10.3. The molecule has 0 aliphatic rings. The van der Waals surface area contributed by atoms with Crippen molar-refractivity contribution in [3.05, 3.63) is 76.3 Å². The van der Waals surface area contributed by atoms with Gasteiger partial charge in [0.25, 0.3) is 5.91 Å². The van der Waals surface area contributed by atoms with E-state index in [1.807, 2.05) is 68.4 Å². The molecule has 1 aromatic heterocycles. The minimum Gasteiger partial charge on any atom is -0.332 e. The third kappa shape index (κ3) is 5.29. The summed E-state index contributed by atoms with van der Waals surface area (Å²) in [5, 5.41) is 9.85. The van der Waals surface area contributed by atoms with E-state index in [1.165, 1.54) is 11.3 Å². The van der Waals surface area contributed by atoms with Crippen molar-refractivity contribution in [2.45, 2.75) is 13.5 Å². The number of aromatic nitrogens is 1. The van der Waals surface area contributed by atoms with Gasteiger partial charge in [0, 0.05) is 25.2 Å². The van der Waals surface area contributed by atoms with Crippen LogP contribution in [0.1, 0.15) is 26.5 Å². The van der Waals surface area contributed by atoms with Crippen molar-refractivity contribution in [2.24, 2.45) is 0 Å². The normalized spacial score (nSPS) is 10.7. The molecule has 0 bridgehead atoms. The van der Waals surface area contributed by atoms with Gasteiger partial charge in [-0.2, -0.15) is 5.26 Å². The average Bonchev–Trinajstić information content (AvgIpc) is 3.13. The minimum absolute atomic E-state index is 0.00612. The number of rotatable bonds is 7. The number of amides is 1. The lowest BCUT2D eigenvalue weighted by Gasteiger charge is -2.24. The first-order valence-electron chi connectivity index (χ1n) is 9.44. The summed E-state index contributed by atoms with van der Waals surface area (Å²) in [4.78, 5) is 22.6. The van der Waals surface area contributed by atoms with Gasteiger partial charge in [0.15, 0.2) is 0 Å². The molecule has 148 valence electrons. The molecule has 0 saturated heterocycles. The maximum atomic E-state index is 13.4. The molecule has 1 amide bonds. The molecule has 0 radical (unpaired) electrons. The Bertz CT molecular complexity index is 1000. The van der Waals surface area contributed by atoms with Crippen molar-refractivity contribution in [3.63, 3.8) is 0 Å². The highest BCUT2D eigenvalue weighted by Gasteiger charge is 2.22. The van der Waals surface area contributed by atoms with Crippen LogP contribution in [0.5, 0.6) is 0 Å². The van der Waals surface area contributed by atoms with E-state index in [-0.39, 0.29) is 5.91 Å². The Morgan fingerprint density at radius 3 is 2.38 bits per heavy atom. The van der Waals surface area contributed by atoms with E-state index in [0.29, 0.717) is 23.5 Å². The van der Waals surface area contributed by atoms with Crippen LogP contribution >= 0.6 is 11.3 Å². The van der Waals surface area contributed by atoms with Crippen molar-refractivity contribution in [2.75, 3.05) is 27.2 Å². The van der Waals surface area contributed by atoms with Crippen molar-refractivity contribution in [3.8, 4) is 16.6 Å². The fourth-order valence-corrected chi connectivity index (χ4v) is 3.96. The third-order valence-corrected chi connectivity index (χ3v) is 5.77. The predicted molar refractivity (Wildman–Crippen MR) is 117 cm³/mol. The molecule has 0 spiro atoms. The highest BCUT2D eigenvalue weighted by molar-refractivity contribution is 7.17. The molecule has 3 rings (SSSR count).